The number of piperidine rings is 1. The van der Waals surface area contributed by atoms with Crippen LogP contribution in [0.1, 0.15) is 49.5 Å². The number of esters is 1. The van der Waals surface area contributed by atoms with Crippen LogP contribution < -0.4 is 10.1 Å². The molecule has 4 rings (SSSR count). The second kappa shape index (κ2) is 11.5. The van der Waals surface area contributed by atoms with Crippen LogP contribution >= 0.6 is 0 Å². The zero-order chi connectivity index (χ0) is 27.3. The van der Waals surface area contributed by atoms with Crippen molar-refractivity contribution in [3.8, 4) is 22.9 Å². The van der Waals surface area contributed by atoms with Gasteiger partial charge in [-0.3, -0.25) is 0 Å². The molecule has 1 saturated heterocycles. The van der Waals surface area contributed by atoms with Gasteiger partial charge in [0.25, 0.3) is 0 Å². The van der Waals surface area contributed by atoms with Crippen molar-refractivity contribution in [2.75, 3.05) is 25.5 Å². The highest BCUT2D eigenvalue weighted by molar-refractivity contribution is 5.90. The molecule has 0 aliphatic carbocycles. The lowest BCUT2D eigenvalue weighted by Gasteiger charge is -2.34. The number of rotatable bonds is 6. The Kier molecular flexibility index (Phi) is 8.09. The number of likely N-dealkylation sites (tertiary alicyclic amines) is 1. The van der Waals surface area contributed by atoms with Gasteiger partial charge in [-0.2, -0.15) is 0 Å². The summed E-state index contributed by atoms with van der Waals surface area (Å²) in [5, 5.41) is 3.36. The Labute approximate surface area is 222 Å². The van der Waals surface area contributed by atoms with E-state index in [0.717, 1.165) is 18.4 Å². The highest BCUT2D eigenvalue weighted by atomic mass is 16.6. The molecule has 0 radical (unpaired) electrons. The molecule has 0 unspecified atom stereocenters. The molecule has 200 valence electrons. The average molecular weight is 520 g/mol. The monoisotopic (exact) mass is 519 g/mol. The van der Waals surface area contributed by atoms with Gasteiger partial charge in [0.1, 0.15) is 11.4 Å². The van der Waals surface area contributed by atoms with Crippen molar-refractivity contribution in [3.63, 3.8) is 0 Å². The highest BCUT2D eigenvalue weighted by Gasteiger charge is 2.28. The zero-order valence-electron chi connectivity index (χ0n) is 22.4. The molecule has 1 aliphatic heterocycles. The Morgan fingerprint density at radius 1 is 1.11 bits per heavy atom. The summed E-state index contributed by atoms with van der Waals surface area (Å²) < 4.78 is 16.5. The predicted molar refractivity (Wildman–Crippen MR) is 142 cm³/mol. The van der Waals surface area contributed by atoms with E-state index in [0.29, 0.717) is 47.5 Å². The fourth-order valence-corrected chi connectivity index (χ4v) is 4.07. The van der Waals surface area contributed by atoms with Crippen LogP contribution in [0.2, 0.25) is 0 Å². The van der Waals surface area contributed by atoms with E-state index in [4.69, 9.17) is 19.2 Å². The molecule has 3 heterocycles. The van der Waals surface area contributed by atoms with Crippen molar-refractivity contribution in [2.24, 2.45) is 0 Å². The van der Waals surface area contributed by atoms with Gasteiger partial charge in [-0.05, 0) is 76.4 Å². The maximum Gasteiger partial charge on any atom is 0.410 e. The van der Waals surface area contributed by atoms with Crippen molar-refractivity contribution in [1.82, 2.24) is 19.9 Å². The molecule has 10 heteroatoms. The van der Waals surface area contributed by atoms with E-state index in [1.54, 1.807) is 47.6 Å². The number of ether oxygens (including phenoxy) is 3. The molecular formula is C28H33N5O5. The first-order valence-corrected chi connectivity index (χ1v) is 12.5. The quantitative estimate of drug-likeness (QED) is 0.437. The van der Waals surface area contributed by atoms with Gasteiger partial charge in [0.05, 0.1) is 23.9 Å². The number of nitrogens with zero attached hydrogens (tertiary/aromatic N) is 4. The second-order valence-corrected chi connectivity index (χ2v) is 10.1. The third kappa shape index (κ3) is 6.76. The van der Waals surface area contributed by atoms with Gasteiger partial charge in [0.2, 0.25) is 11.8 Å². The third-order valence-corrected chi connectivity index (χ3v) is 5.92. The summed E-state index contributed by atoms with van der Waals surface area (Å²) in [6, 6.07) is 10.5. The van der Waals surface area contributed by atoms with Crippen LogP contribution in [0.25, 0.3) is 11.3 Å². The Morgan fingerprint density at radius 2 is 1.92 bits per heavy atom. The van der Waals surface area contributed by atoms with Crippen molar-refractivity contribution in [3.05, 3.63) is 59.9 Å². The van der Waals surface area contributed by atoms with Crippen molar-refractivity contribution < 1.29 is 23.8 Å². The van der Waals surface area contributed by atoms with Gasteiger partial charge in [-0.25, -0.2) is 24.5 Å². The van der Waals surface area contributed by atoms with E-state index < -0.39 is 11.6 Å². The minimum atomic E-state index is -0.544. The SMILES string of the molecule is COC(=O)c1ccc(C)c(Oc2ncccc2-c2ccnc(N[C@H]3CCCN(C(=O)OC(C)(C)C)C3)n2)c1. The standard InChI is InChI=1S/C28H33N5O5/c1-18-10-11-19(25(34)36-5)16-23(18)37-24-21(9-6-13-29-24)22-12-14-30-26(32-22)31-20-8-7-15-33(17-20)27(35)38-28(2,3)4/h6,9-14,16,20H,7-8,15,17H2,1-5H3,(H,30,31,32)/t20-/m0/s1. The molecule has 0 bridgehead atoms. The van der Waals surface area contributed by atoms with Gasteiger partial charge in [-0.1, -0.05) is 6.07 Å². The van der Waals surface area contributed by atoms with Crippen LogP contribution in [0, 0.1) is 6.92 Å². The van der Waals surface area contributed by atoms with Gasteiger partial charge < -0.3 is 24.4 Å². The summed E-state index contributed by atoms with van der Waals surface area (Å²) in [5.74, 6) is 0.827. The van der Waals surface area contributed by atoms with Crippen molar-refractivity contribution >= 4 is 18.0 Å². The summed E-state index contributed by atoms with van der Waals surface area (Å²) >= 11 is 0. The Hall–Kier alpha value is -4.21. The fraction of sp³-hybridized carbons (Fsp3) is 0.393. The number of hydrogen-bond donors (Lipinski definition) is 1. The lowest BCUT2D eigenvalue weighted by molar-refractivity contribution is 0.0206. The maximum absolute atomic E-state index is 12.5. The summed E-state index contributed by atoms with van der Waals surface area (Å²) in [6.45, 7) is 8.61. The molecule has 1 atom stereocenters. The zero-order valence-corrected chi connectivity index (χ0v) is 22.4. The number of amides is 1. The van der Waals surface area contributed by atoms with E-state index >= 15 is 0 Å². The molecule has 0 saturated carbocycles. The predicted octanol–water partition coefficient (Wildman–Crippen LogP) is 5.24. The maximum atomic E-state index is 12.5. The Balaban J connectivity index is 1.52. The summed E-state index contributed by atoms with van der Waals surface area (Å²) in [4.78, 5) is 39.7. The number of pyridine rings is 1. The highest BCUT2D eigenvalue weighted by Crippen LogP contribution is 2.32. The number of carbonyl (C=O) groups is 2. The van der Waals surface area contributed by atoms with Crippen molar-refractivity contribution in [2.45, 2.75) is 52.2 Å². The van der Waals surface area contributed by atoms with E-state index in [1.807, 2.05) is 33.8 Å². The summed E-state index contributed by atoms with van der Waals surface area (Å²) in [7, 11) is 1.34. The number of carbonyl (C=O) groups excluding carboxylic acids is 2. The van der Waals surface area contributed by atoms with Gasteiger partial charge in [0, 0.05) is 31.5 Å². The molecule has 1 aliphatic rings. The normalized spacial score (nSPS) is 15.5. The molecule has 1 aromatic carbocycles. The molecule has 1 amide bonds. The molecule has 10 nitrogen and oxygen atoms in total. The molecule has 1 fully saturated rings. The second-order valence-electron chi connectivity index (χ2n) is 10.1. The summed E-state index contributed by atoms with van der Waals surface area (Å²) in [6.07, 6.45) is 4.71. The van der Waals surface area contributed by atoms with Crippen LogP contribution in [0.5, 0.6) is 11.6 Å². The molecule has 0 spiro atoms. The number of benzene rings is 1. The van der Waals surface area contributed by atoms with Gasteiger partial charge in [-0.15, -0.1) is 0 Å². The number of aryl methyl sites for hydroxylation is 1. The van der Waals surface area contributed by atoms with Crippen LogP contribution in [-0.2, 0) is 9.47 Å². The van der Waals surface area contributed by atoms with Crippen LogP contribution in [0.15, 0.2) is 48.8 Å². The fourth-order valence-electron chi connectivity index (χ4n) is 4.07. The minimum Gasteiger partial charge on any atom is -0.465 e. The van der Waals surface area contributed by atoms with Gasteiger partial charge >= 0.3 is 12.1 Å². The van der Waals surface area contributed by atoms with Gasteiger partial charge in [0.15, 0.2) is 0 Å². The van der Waals surface area contributed by atoms with Crippen molar-refractivity contribution in [1.29, 1.82) is 0 Å². The van der Waals surface area contributed by atoms with E-state index in [2.05, 4.69) is 15.3 Å². The van der Waals surface area contributed by atoms with E-state index in [1.165, 1.54) is 7.11 Å². The van der Waals surface area contributed by atoms with Crippen LogP contribution in [-0.4, -0.2) is 63.8 Å². The van der Waals surface area contributed by atoms with E-state index in [9.17, 15) is 9.59 Å². The van der Waals surface area contributed by atoms with Crippen LogP contribution in [0.4, 0.5) is 10.7 Å². The first kappa shape index (κ1) is 26.8. The smallest absolute Gasteiger partial charge is 0.410 e. The Morgan fingerprint density at radius 3 is 2.68 bits per heavy atom. The number of anilines is 1. The summed E-state index contributed by atoms with van der Waals surface area (Å²) in [5.41, 5.74) is 1.96. The van der Waals surface area contributed by atoms with E-state index in [-0.39, 0.29) is 12.1 Å². The number of hydrogen-bond acceptors (Lipinski definition) is 9. The molecule has 1 N–H and O–H groups in total. The lowest BCUT2D eigenvalue weighted by Crippen LogP contribution is -2.47. The van der Waals surface area contributed by atoms with Crippen LogP contribution in [0.3, 0.4) is 0 Å². The molecule has 2 aromatic heterocycles. The topological polar surface area (TPSA) is 116 Å². The molecular weight excluding hydrogens is 486 g/mol. The average Bonchev–Trinajstić information content (AvgIpc) is 2.89. The largest absolute Gasteiger partial charge is 0.465 e. The molecule has 3 aromatic rings. The number of aromatic nitrogens is 3. The number of methoxy groups -OCH3 is 1. The first-order valence-electron chi connectivity index (χ1n) is 12.5. The Bertz CT molecular complexity index is 1310. The molecule has 38 heavy (non-hydrogen) atoms. The number of nitrogens with one attached hydrogen (secondary N) is 1. The lowest BCUT2D eigenvalue weighted by atomic mass is 10.1. The third-order valence-electron chi connectivity index (χ3n) is 5.92. The minimum absolute atomic E-state index is 0.0140. The first-order chi connectivity index (χ1) is 18.1.